The largest absolute Gasteiger partial charge is 0.367 e. The summed E-state index contributed by atoms with van der Waals surface area (Å²) < 4.78 is 1.76. The van der Waals surface area contributed by atoms with Crippen molar-refractivity contribution in [1.29, 1.82) is 0 Å². The van der Waals surface area contributed by atoms with Crippen molar-refractivity contribution >= 4 is 34.5 Å². The highest BCUT2D eigenvalue weighted by atomic mass is 35.5. The molecule has 0 bridgehead atoms. The van der Waals surface area contributed by atoms with Crippen molar-refractivity contribution in [3.05, 3.63) is 76.9 Å². The molecule has 0 atom stereocenters. The number of fused-ring (bicyclic) bond motifs is 2. The molecule has 0 amide bonds. The summed E-state index contributed by atoms with van der Waals surface area (Å²) in [5.41, 5.74) is 12.2. The van der Waals surface area contributed by atoms with Crippen LogP contribution in [0.1, 0.15) is 11.1 Å². The highest BCUT2D eigenvalue weighted by molar-refractivity contribution is 6.31. The summed E-state index contributed by atoms with van der Waals surface area (Å²) in [6.45, 7) is 0. The van der Waals surface area contributed by atoms with Gasteiger partial charge in [-0.1, -0.05) is 41.9 Å². The van der Waals surface area contributed by atoms with Gasteiger partial charge in [0, 0.05) is 27.9 Å². The second kappa shape index (κ2) is 5.16. The summed E-state index contributed by atoms with van der Waals surface area (Å²) >= 11 is 6.04. The third kappa shape index (κ3) is 2.13. The maximum absolute atomic E-state index is 6.04. The zero-order chi connectivity index (χ0) is 17.0. The Kier molecular flexibility index (Phi) is 2.93. The van der Waals surface area contributed by atoms with Crippen molar-refractivity contribution in [2.75, 3.05) is 5.73 Å². The van der Waals surface area contributed by atoms with E-state index in [1.165, 1.54) is 0 Å². The van der Waals surface area contributed by atoms with Gasteiger partial charge in [0.25, 0.3) is 0 Å². The molecule has 0 radical (unpaired) electrons. The van der Waals surface area contributed by atoms with E-state index < -0.39 is 0 Å². The fourth-order valence-electron chi connectivity index (χ4n) is 3.20. The first-order chi connectivity index (χ1) is 12.2. The lowest BCUT2D eigenvalue weighted by molar-refractivity contribution is 0.920. The summed E-state index contributed by atoms with van der Waals surface area (Å²) in [5, 5.41) is 4.99. The maximum Gasteiger partial charge on any atom is 0.238 e. The molecule has 5 rings (SSSR count). The lowest BCUT2D eigenvalue weighted by atomic mass is 10.0. The van der Waals surface area contributed by atoms with Crippen molar-refractivity contribution in [2.24, 2.45) is 4.99 Å². The number of aliphatic imine (C=N–C) groups is 1. The van der Waals surface area contributed by atoms with Crippen LogP contribution in [0.5, 0.6) is 0 Å². The van der Waals surface area contributed by atoms with Crippen LogP contribution in [0.2, 0.25) is 5.02 Å². The fourth-order valence-corrected chi connectivity index (χ4v) is 3.33. The number of benzene rings is 2. The number of nitrogen functional groups attached to an aromatic ring is 1. The molecule has 0 spiro atoms. The van der Waals surface area contributed by atoms with Gasteiger partial charge in [-0.2, -0.15) is 0 Å². The van der Waals surface area contributed by atoms with Gasteiger partial charge in [-0.25, -0.2) is 14.5 Å². The van der Waals surface area contributed by atoms with E-state index in [0.29, 0.717) is 5.02 Å². The Morgan fingerprint density at radius 2 is 1.72 bits per heavy atom. The normalized spacial score (nSPS) is 12.6. The van der Waals surface area contributed by atoms with Crippen molar-refractivity contribution in [2.45, 2.75) is 0 Å². The number of para-hydroxylation sites is 1. The number of hydrogen-bond donors (Lipinski definition) is 1. The summed E-state index contributed by atoms with van der Waals surface area (Å²) in [6.07, 6.45) is 1.88. The topological polar surface area (TPSA) is 68.6 Å². The molecule has 120 valence electrons. The predicted molar refractivity (Wildman–Crippen MR) is 99.6 cm³/mol. The van der Waals surface area contributed by atoms with E-state index in [9.17, 15) is 0 Å². The van der Waals surface area contributed by atoms with Crippen molar-refractivity contribution in [3.63, 3.8) is 0 Å². The first-order valence-corrected chi connectivity index (χ1v) is 8.18. The lowest BCUT2D eigenvalue weighted by Crippen LogP contribution is -2.05. The zero-order valence-electron chi connectivity index (χ0n) is 13.0. The minimum Gasteiger partial charge on any atom is -0.367 e. The van der Waals surface area contributed by atoms with Gasteiger partial charge < -0.3 is 5.73 Å². The van der Waals surface area contributed by atoms with E-state index in [0.717, 1.165) is 39.3 Å². The molecular weight excluding hydrogens is 334 g/mol. The van der Waals surface area contributed by atoms with E-state index in [4.69, 9.17) is 22.3 Å². The second-order valence-corrected chi connectivity index (χ2v) is 6.26. The summed E-state index contributed by atoms with van der Waals surface area (Å²) in [5.74, 6) is 0.231. The van der Waals surface area contributed by atoms with Gasteiger partial charge in [0.05, 0.1) is 11.4 Å². The molecule has 1 aliphatic heterocycles. The van der Waals surface area contributed by atoms with Gasteiger partial charge in [0.1, 0.15) is 11.2 Å². The van der Waals surface area contributed by atoms with Gasteiger partial charge in [0.2, 0.25) is 5.95 Å². The molecule has 4 aromatic rings. The highest BCUT2D eigenvalue weighted by Crippen LogP contribution is 2.38. The Hall–Kier alpha value is -3.18. The standard InChI is InChI=1S/C19H12ClN5/c20-12-7-5-11(6-8-12)16-14-9-10-25-18(14)17(23-19(21)24-25)13-3-1-2-4-15(13)22-16/h1-10H,(H2,21,24). The Morgan fingerprint density at radius 1 is 0.920 bits per heavy atom. The number of aromatic nitrogens is 3. The van der Waals surface area contributed by atoms with Gasteiger partial charge in [-0.3, -0.25) is 0 Å². The van der Waals surface area contributed by atoms with Gasteiger partial charge in [-0.15, -0.1) is 5.10 Å². The second-order valence-electron chi connectivity index (χ2n) is 5.83. The number of rotatable bonds is 1. The number of nitrogens with two attached hydrogens (primary N) is 1. The summed E-state index contributed by atoms with van der Waals surface area (Å²) in [6, 6.07) is 17.6. The molecule has 0 aliphatic carbocycles. The monoisotopic (exact) mass is 345 g/mol. The quantitative estimate of drug-likeness (QED) is 0.497. The van der Waals surface area contributed by atoms with E-state index in [1.807, 2.05) is 60.8 Å². The molecule has 0 saturated heterocycles. The third-order valence-corrected chi connectivity index (χ3v) is 4.54. The molecule has 0 saturated carbocycles. The SMILES string of the molecule is Nc1nc2c3c(ccn3n1)C(c1ccc(Cl)cc1)=Nc1ccccc1-2. The molecule has 2 aromatic heterocycles. The van der Waals surface area contributed by atoms with Gasteiger partial charge in [0.15, 0.2) is 0 Å². The van der Waals surface area contributed by atoms with Gasteiger partial charge in [-0.05, 0) is 24.3 Å². The molecule has 25 heavy (non-hydrogen) atoms. The Bertz CT molecular complexity index is 1160. The Morgan fingerprint density at radius 3 is 2.56 bits per heavy atom. The van der Waals surface area contributed by atoms with E-state index in [2.05, 4.69) is 10.1 Å². The molecule has 2 aromatic carbocycles. The van der Waals surface area contributed by atoms with Crippen LogP contribution < -0.4 is 5.73 Å². The highest BCUT2D eigenvalue weighted by Gasteiger charge is 2.23. The predicted octanol–water partition coefficient (Wildman–Crippen LogP) is 4.11. The summed E-state index contributed by atoms with van der Waals surface area (Å²) in [7, 11) is 0. The van der Waals surface area contributed by atoms with Crippen LogP contribution in [-0.4, -0.2) is 20.3 Å². The first kappa shape index (κ1) is 14.2. The average Bonchev–Trinajstić information content (AvgIpc) is 2.97. The molecule has 5 nitrogen and oxygen atoms in total. The average molecular weight is 346 g/mol. The van der Waals surface area contributed by atoms with Crippen molar-refractivity contribution in [3.8, 4) is 11.3 Å². The van der Waals surface area contributed by atoms with Crippen LogP contribution >= 0.6 is 11.6 Å². The Labute approximate surface area is 148 Å². The van der Waals surface area contributed by atoms with Crippen molar-refractivity contribution in [1.82, 2.24) is 14.6 Å². The molecule has 0 unspecified atom stereocenters. The lowest BCUT2D eigenvalue weighted by Gasteiger charge is -2.06. The van der Waals surface area contributed by atoms with Crippen LogP contribution in [0.15, 0.2) is 65.8 Å². The Balaban J connectivity index is 1.91. The molecular formula is C19H12ClN5. The van der Waals surface area contributed by atoms with E-state index in [-0.39, 0.29) is 5.95 Å². The van der Waals surface area contributed by atoms with E-state index >= 15 is 0 Å². The zero-order valence-corrected chi connectivity index (χ0v) is 13.8. The molecule has 1 aliphatic rings. The van der Waals surface area contributed by atoms with Crippen LogP contribution in [0.3, 0.4) is 0 Å². The maximum atomic E-state index is 6.04. The fraction of sp³-hybridized carbons (Fsp3) is 0. The van der Waals surface area contributed by atoms with Crippen LogP contribution in [0, 0.1) is 0 Å². The van der Waals surface area contributed by atoms with Gasteiger partial charge >= 0.3 is 0 Å². The number of halogens is 1. The number of hydrogen-bond acceptors (Lipinski definition) is 4. The van der Waals surface area contributed by atoms with E-state index in [1.54, 1.807) is 4.52 Å². The first-order valence-electron chi connectivity index (χ1n) is 7.80. The van der Waals surface area contributed by atoms with Crippen LogP contribution in [-0.2, 0) is 0 Å². The number of anilines is 1. The summed E-state index contributed by atoms with van der Waals surface area (Å²) in [4.78, 5) is 9.43. The third-order valence-electron chi connectivity index (χ3n) is 4.29. The molecule has 0 fully saturated rings. The minimum absolute atomic E-state index is 0.231. The molecule has 3 heterocycles. The molecule has 6 heteroatoms. The van der Waals surface area contributed by atoms with Crippen molar-refractivity contribution < 1.29 is 0 Å². The molecule has 2 N–H and O–H groups in total. The van der Waals surface area contributed by atoms with Crippen LogP contribution in [0.25, 0.3) is 16.8 Å². The van der Waals surface area contributed by atoms with Crippen LogP contribution in [0.4, 0.5) is 11.6 Å². The minimum atomic E-state index is 0.231. The smallest absolute Gasteiger partial charge is 0.238 e. The number of nitrogens with zero attached hydrogens (tertiary/aromatic N) is 4.